The van der Waals surface area contributed by atoms with Gasteiger partial charge in [-0.3, -0.25) is 0 Å². The predicted molar refractivity (Wildman–Crippen MR) is 77.6 cm³/mol. The fourth-order valence-electron chi connectivity index (χ4n) is 1.67. The van der Waals surface area contributed by atoms with E-state index in [2.05, 4.69) is 10.6 Å². The maximum absolute atomic E-state index is 11.7. The lowest BCUT2D eigenvalue weighted by molar-refractivity contribution is -0.139. The lowest BCUT2D eigenvalue weighted by Gasteiger charge is -2.16. The van der Waals surface area contributed by atoms with Crippen LogP contribution in [-0.2, 0) is 11.2 Å². The molecule has 20 heavy (non-hydrogen) atoms. The van der Waals surface area contributed by atoms with Gasteiger partial charge in [-0.05, 0) is 11.5 Å². The lowest BCUT2D eigenvalue weighted by Crippen LogP contribution is -2.47. The molecule has 0 fully saturated rings. The van der Waals surface area contributed by atoms with E-state index < -0.39 is 18.0 Å². The Kier molecular flexibility index (Phi) is 6.56. The van der Waals surface area contributed by atoms with Crippen LogP contribution in [0.15, 0.2) is 30.3 Å². The van der Waals surface area contributed by atoms with Crippen LogP contribution in [0.4, 0.5) is 4.79 Å². The number of rotatable bonds is 7. The van der Waals surface area contributed by atoms with Gasteiger partial charge in [0, 0.05) is 13.0 Å². The first-order valence-electron chi connectivity index (χ1n) is 6.84. The number of nitrogens with one attached hydrogen (secondary N) is 2. The highest BCUT2D eigenvalue weighted by Crippen LogP contribution is 2.03. The average molecular weight is 278 g/mol. The summed E-state index contributed by atoms with van der Waals surface area (Å²) in [5.41, 5.74) is 0.877. The second-order valence-corrected chi connectivity index (χ2v) is 4.95. The molecule has 2 unspecified atom stereocenters. The van der Waals surface area contributed by atoms with Crippen molar-refractivity contribution in [2.45, 2.75) is 32.7 Å². The Morgan fingerprint density at radius 2 is 1.90 bits per heavy atom. The third-order valence-corrected chi connectivity index (χ3v) is 3.19. The third-order valence-electron chi connectivity index (χ3n) is 3.19. The zero-order chi connectivity index (χ0) is 15.0. The van der Waals surface area contributed by atoms with Gasteiger partial charge in [-0.2, -0.15) is 0 Å². The average Bonchev–Trinajstić information content (AvgIpc) is 2.45. The van der Waals surface area contributed by atoms with Gasteiger partial charge in [-0.1, -0.05) is 50.6 Å². The molecule has 5 nitrogen and oxygen atoms in total. The summed E-state index contributed by atoms with van der Waals surface area (Å²) in [4.78, 5) is 22.9. The van der Waals surface area contributed by atoms with Crippen molar-refractivity contribution >= 4 is 12.0 Å². The molecule has 0 aliphatic carbocycles. The SMILES string of the molecule is CCC(C)CNC(=O)NC(Cc1ccccc1)C(=O)O. The largest absolute Gasteiger partial charge is 0.480 e. The fourth-order valence-corrected chi connectivity index (χ4v) is 1.67. The van der Waals surface area contributed by atoms with Crippen molar-refractivity contribution in [2.24, 2.45) is 5.92 Å². The maximum Gasteiger partial charge on any atom is 0.326 e. The summed E-state index contributed by atoms with van der Waals surface area (Å²) in [5.74, 6) is -0.661. The highest BCUT2D eigenvalue weighted by atomic mass is 16.4. The number of amides is 2. The highest BCUT2D eigenvalue weighted by Gasteiger charge is 2.20. The van der Waals surface area contributed by atoms with Gasteiger partial charge in [-0.25, -0.2) is 9.59 Å². The maximum atomic E-state index is 11.7. The fraction of sp³-hybridized carbons (Fsp3) is 0.467. The second-order valence-electron chi connectivity index (χ2n) is 4.95. The highest BCUT2D eigenvalue weighted by molar-refractivity contribution is 5.82. The van der Waals surface area contributed by atoms with Crippen molar-refractivity contribution in [3.8, 4) is 0 Å². The van der Waals surface area contributed by atoms with E-state index in [1.165, 1.54) is 0 Å². The van der Waals surface area contributed by atoms with Crippen LogP contribution < -0.4 is 10.6 Å². The molecule has 2 atom stereocenters. The molecule has 0 aliphatic rings. The van der Waals surface area contributed by atoms with Crippen LogP contribution in [-0.4, -0.2) is 29.7 Å². The number of urea groups is 1. The van der Waals surface area contributed by atoms with Gasteiger partial charge in [-0.15, -0.1) is 0 Å². The Morgan fingerprint density at radius 3 is 2.45 bits per heavy atom. The Balaban J connectivity index is 2.51. The molecule has 110 valence electrons. The molecule has 0 aromatic heterocycles. The molecule has 1 aromatic carbocycles. The Hall–Kier alpha value is -2.04. The zero-order valence-electron chi connectivity index (χ0n) is 11.9. The number of aliphatic carboxylic acids is 1. The first kappa shape index (κ1) is 16.0. The monoisotopic (exact) mass is 278 g/mol. The smallest absolute Gasteiger partial charge is 0.326 e. The summed E-state index contributed by atoms with van der Waals surface area (Å²) in [6.45, 7) is 4.61. The standard InChI is InChI=1S/C15H22N2O3/c1-3-11(2)10-16-15(20)17-13(14(18)19)9-12-7-5-4-6-8-12/h4-8,11,13H,3,9-10H2,1-2H3,(H,18,19)(H2,16,17,20). The molecule has 0 aliphatic heterocycles. The molecule has 1 aromatic rings. The molecular formula is C15H22N2O3. The van der Waals surface area contributed by atoms with Gasteiger partial charge in [0.2, 0.25) is 0 Å². The zero-order valence-corrected chi connectivity index (χ0v) is 11.9. The van der Waals surface area contributed by atoms with Gasteiger partial charge < -0.3 is 15.7 Å². The first-order chi connectivity index (χ1) is 9.52. The molecule has 0 radical (unpaired) electrons. The quantitative estimate of drug-likeness (QED) is 0.714. The van der Waals surface area contributed by atoms with Crippen LogP contribution in [0, 0.1) is 5.92 Å². The molecule has 0 bridgehead atoms. The Morgan fingerprint density at radius 1 is 1.25 bits per heavy atom. The second kappa shape index (κ2) is 8.19. The summed E-state index contributed by atoms with van der Waals surface area (Å²) >= 11 is 0. The van der Waals surface area contributed by atoms with Crippen LogP contribution in [0.5, 0.6) is 0 Å². The Labute approximate surface area is 119 Å². The summed E-state index contributed by atoms with van der Waals surface area (Å²) < 4.78 is 0. The molecule has 1 rings (SSSR count). The van der Waals surface area contributed by atoms with E-state index in [9.17, 15) is 9.59 Å². The number of benzene rings is 1. The molecule has 0 saturated carbocycles. The molecule has 0 saturated heterocycles. The van der Waals surface area contributed by atoms with Gasteiger partial charge >= 0.3 is 12.0 Å². The number of hydrogen-bond acceptors (Lipinski definition) is 2. The molecule has 5 heteroatoms. The van der Waals surface area contributed by atoms with Crippen LogP contribution in [0.3, 0.4) is 0 Å². The topological polar surface area (TPSA) is 78.4 Å². The van der Waals surface area contributed by atoms with E-state index >= 15 is 0 Å². The Bertz CT molecular complexity index is 434. The van der Waals surface area contributed by atoms with Crippen molar-refractivity contribution in [3.63, 3.8) is 0 Å². The minimum atomic E-state index is -1.03. The minimum Gasteiger partial charge on any atom is -0.480 e. The summed E-state index contributed by atoms with van der Waals surface area (Å²) in [6, 6.07) is 7.88. The number of carboxylic acid groups (broad SMARTS) is 1. The van der Waals surface area contributed by atoms with Crippen LogP contribution >= 0.6 is 0 Å². The van der Waals surface area contributed by atoms with Crippen LogP contribution in [0.25, 0.3) is 0 Å². The predicted octanol–water partition coefficient (Wildman–Crippen LogP) is 2.03. The first-order valence-corrected chi connectivity index (χ1v) is 6.84. The van der Waals surface area contributed by atoms with E-state index in [0.717, 1.165) is 12.0 Å². The van der Waals surface area contributed by atoms with Crippen molar-refractivity contribution < 1.29 is 14.7 Å². The number of hydrogen-bond donors (Lipinski definition) is 3. The van der Waals surface area contributed by atoms with E-state index in [4.69, 9.17) is 5.11 Å². The van der Waals surface area contributed by atoms with E-state index in [1.807, 2.05) is 44.2 Å². The molecule has 0 heterocycles. The van der Waals surface area contributed by atoms with E-state index in [1.54, 1.807) is 0 Å². The van der Waals surface area contributed by atoms with Gasteiger partial charge in [0.05, 0.1) is 0 Å². The normalized spacial score (nSPS) is 13.3. The minimum absolute atomic E-state index is 0.271. The molecule has 0 spiro atoms. The summed E-state index contributed by atoms with van der Waals surface area (Å²) in [7, 11) is 0. The molecule has 3 N–H and O–H groups in total. The molecule has 2 amide bonds. The van der Waals surface area contributed by atoms with Gasteiger partial charge in [0.25, 0.3) is 0 Å². The summed E-state index contributed by atoms with van der Waals surface area (Å²) in [6.07, 6.45) is 1.24. The van der Waals surface area contributed by atoms with Crippen molar-refractivity contribution in [1.29, 1.82) is 0 Å². The summed E-state index contributed by atoms with van der Waals surface area (Å²) in [5, 5.41) is 14.4. The lowest BCUT2D eigenvalue weighted by atomic mass is 10.1. The van der Waals surface area contributed by atoms with Crippen molar-refractivity contribution in [1.82, 2.24) is 10.6 Å². The van der Waals surface area contributed by atoms with Crippen molar-refractivity contribution in [3.05, 3.63) is 35.9 Å². The van der Waals surface area contributed by atoms with Gasteiger partial charge in [0.15, 0.2) is 0 Å². The van der Waals surface area contributed by atoms with E-state index in [0.29, 0.717) is 12.5 Å². The van der Waals surface area contributed by atoms with Crippen LogP contribution in [0.2, 0.25) is 0 Å². The third kappa shape index (κ3) is 5.73. The number of carbonyl (C=O) groups excluding carboxylic acids is 1. The van der Waals surface area contributed by atoms with Crippen LogP contribution in [0.1, 0.15) is 25.8 Å². The van der Waals surface area contributed by atoms with Crippen molar-refractivity contribution in [2.75, 3.05) is 6.54 Å². The van der Waals surface area contributed by atoms with Gasteiger partial charge in [0.1, 0.15) is 6.04 Å². The number of carbonyl (C=O) groups is 2. The van der Waals surface area contributed by atoms with E-state index in [-0.39, 0.29) is 6.42 Å². The number of carboxylic acids is 1. The molecular weight excluding hydrogens is 256 g/mol.